The number of amides is 2. The van der Waals surface area contributed by atoms with Crippen LogP contribution in [0, 0.1) is 0 Å². The van der Waals surface area contributed by atoms with Crippen molar-refractivity contribution in [3.63, 3.8) is 0 Å². The first-order valence-corrected chi connectivity index (χ1v) is 7.00. The highest BCUT2D eigenvalue weighted by atomic mass is 16.3. The van der Waals surface area contributed by atoms with Gasteiger partial charge in [-0.15, -0.1) is 0 Å². The molecule has 3 rings (SSSR count). The number of benzene rings is 2. The maximum absolute atomic E-state index is 11.9. The normalized spacial score (nSPS) is 10.3. The molecule has 116 valence electrons. The lowest BCUT2D eigenvalue weighted by Crippen LogP contribution is -2.28. The molecule has 0 bridgehead atoms. The molecule has 2 amide bonds. The molecule has 0 aliphatic heterocycles. The summed E-state index contributed by atoms with van der Waals surface area (Å²) in [4.78, 5) is 13.4. The van der Waals surface area contributed by atoms with Crippen molar-refractivity contribution in [2.75, 3.05) is 5.32 Å². The van der Waals surface area contributed by atoms with Gasteiger partial charge in [0.15, 0.2) is 0 Å². The van der Waals surface area contributed by atoms with Crippen molar-refractivity contribution >= 4 is 11.7 Å². The molecule has 0 unspecified atom stereocenters. The van der Waals surface area contributed by atoms with Gasteiger partial charge in [0.1, 0.15) is 5.75 Å². The fourth-order valence-electron chi connectivity index (χ4n) is 2.05. The molecule has 0 atom stereocenters. The standard InChI is InChI=1S/C16H15N5O2/c22-15-3-1-2-12(10-15)11-17-16(23)20-13-4-6-14(7-5-13)21-18-8-9-19-21/h1-10,22H,11H2,(H2,17,20,23). The van der Waals surface area contributed by atoms with E-state index >= 15 is 0 Å². The van der Waals surface area contributed by atoms with Crippen molar-refractivity contribution in [1.82, 2.24) is 20.3 Å². The molecular formula is C16H15N5O2. The van der Waals surface area contributed by atoms with Crippen molar-refractivity contribution < 1.29 is 9.90 Å². The molecular weight excluding hydrogens is 294 g/mol. The van der Waals surface area contributed by atoms with Gasteiger partial charge in [0.2, 0.25) is 0 Å². The van der Waals surface area contributed by atoms with Crippen LogP contribution < -0.4 is 10.6 Å². The predicted octanol–water partition coefficient (Wildman–Crippen LogP) is 2.29. The van der Waals surface area contributed by atoms with E-state index in [1.165, 1.54) is 4.80 Å². The van der Waals surface area contributed by atoms with E-state index in [0.29, 0.717) is 12.2 Å². The fraction of sp³-hybridized carbons (Fsp3) is 0.0625. The van der Waals surface area contributed by atoms with Crippen molar-refractivity contribution in [2.24, 2.45) is 0 Å². The van der Waals surface area contributed by atoms with E-state index < -0.39 is 0 Å². The van der Waals surface area contributed by atoms with E-state index in [1.807, 2.05) is 18.2 Å². The Hall–Kier alpha value is -3.35. The van der Waals surface area contributed by atoms with Crippen LogP contribution in [0.5, 0.6) is 5.75 Å². The summed E-state index contributed by atoms with van der Waals surface area (Å²) >= 11 is 0. The number of phenolic OH excluding ortho intramolecular Hbond substituents is 1. The number of carbonyl (C=O) groups is 1. The average Bonchev–Trinajstić information content (AvgIpc) is 3.08. The number of hydrogen-bond acceptors (Lipinski definition) is 4. The molecule has 2 aromatic carbocycles. The number of hydrogen-bond donors (Lipinski definition) is 3. The van der Waals surface area contributed by atoms with Crippen LogP contribution in [0.4, 0.5) is 10.5 Å². The lowest BCUT2D eigenvalue weighted by Gasteiger charge is -2.08. The third kappa shape index (κ3) is 3.85. The van der Waals surface area contributed by atoms with Gasteiger partial charge in [0, 0.05) is 12.2 Å². The number of phenols is 1. The zero-order chi connectivity index (χ0) is 16.1. The van der Waals surface area contributed by atoms with E-state index in [0.717, 1.165) is 11.3 Å². The lowest BCUT2D eigenvalue weighted by molar-refractivity contribution is 0.251. The van der Waals surface area contributed by atoms with Gasteiger partial charge in [-0.05, 0) is 42.0 Å². The van der Waals surface area contributed by atoms with E-state index in [9.17, 15) is 9.90 Å². The summed E-state index contributed by atoms with van der Waals surface area (Å²) in [5.41, 5.74) is 2.29. The highest BCUT2D eigenvalue weighted by Gasteiger charge is 2.03. The number of anilines is 1. The molecule has 0 radical (unpaired) electrons. The van der Waals surface area contributed by atoms with E-state index in [2.05, 4.69) is 20.8 Å². The predicted molar refractivity (Wildman–Crippen MR) is 85.3 cm³/mol. The molecule has 0 fully saturated rings. The third-order valence-electron chi connectivity index (χ3n) is 3.14. The van der Waals surface area contributed by atoms with Gasteiger partial charge in [-0.2, -0.15) is 15.0 Å². The SMILES string of the molecule is O=C(NCc1cccc(O)c1)Nc1ccc(-n2nccn2)cc1. The molecule has 3 N–H and O–H groups in total. The Morgan fingerprint density at radius 1 is 1.09 bits per heavy atom. The van der Waals surface area contributed by atoms with E-state index in [4.69, 9.17) is 0 Å². The van der Waals surface area contributed by atoms with Crippen LogP contribution in [0.25, 0.3) is 5.69 Å². The second-order valence-electron chi connectivity index (χ2n) is 4.84. The number of nitrogens with zero attached hydrogens (tertiary/aromatic N) is 3. The summed E-state index contributed by atoms with van der Waals surface area (Å²) in [7, 11) is 0. The van der Waals surface area contributed by atoms with Gasteiger partial charge in [-0.25, -0.2) is 4.79 Å². The molecule has 0 aliphatic rings. The number of rotatable bonds is 4. The van der Waals surface area contributed by atoms with Crippen LogP contribution in [0.15, 0.2) is 60.9 Å². The Labute approximate surface area is 132 Å². The van der Waals surface area contributed by atoms with Gasteiger partial charge in [0.05, 0.1) is 18.1 Å². The number of nitrogens with one attached hydrogen (secondary N) is 2. The Balaban J connectivity index is 1.55. The topological polar surface area (TPSA) is 92.1 Å². The summed E-state index contributed by atoms with van der Waals surface area (Å²) < 4.78 is 0. The molecule has 0 saturated heterocycles. The Bertz CT molecular complexity index is 784. The minimum atomic E-state index is -0.321. The minimum Gasteiger partial charge on any atom is -0.508 e. The van der Waals surface area contributed by atoms with E-state index in [1.54, 1.807) is 42.7 Å². The second-order valence-corrected chi connectivity index (χ2v) is 4.84. The van der Waals surface area contributed by atoms with Crippen LogP contribution in [-0.2, 0) is 6.54 Å². The van der Waals surface area contributed by atoms with Crippen LogP contribution in [0.1, 0.15) is 5.56 Å². The summed E-state index contributed by atoms with van der Waals surface area (Å²) in [6.45, 7) is 0.329. The van der Waals surface area contributed by atoms with Gasteiger partial charge in [-0.1, -0.05) is 12.1 Å². The lowest BCUT2D eigenvalue weighted by atomic mass is 10.2. The van der Waals surface area contributed by atoms with Gasteiger partial charge < -0.3 is 15.7 Å². The highest BCUT2D eigenvalue weighted by Crippen LogP contribution is 2.12. The monoisotopic (exact) mass is 309 g/mol. The number of aromatic nitrogens is 3. The third-order valence-corrected chi connectivity index (χ3v) is 3.14. The molecule has 0 spiro atoms. The molecule has 7 nitrogen and oxygen atoms in total. The summed E-state index contributed by atoms with van der Waals surface area (Å²) in [5.74, 6) is 0.174. The molecule has 3 aromatic rings. The van der Waals surface area contributed by atoms with Crippen molar-refractivity contribution in [3.8, 4) is 11.4 Å². The maximum atomic E-state index is 11.9. The van der Waals surface area contributed by atoms with Crippen LogP contribution in [0.3, 0.4) is 0 Å². The van der Waals surface area contributed by atoms with Gasteiger partial charge >= 0.3 is 6.03 Å². The summed E-state index contributed by atoms with van der Waals surface area (Å²) in [5, 5.41) is 22.9. The molecule has 1 heterocycles. The summed E-state index contributed by atoms with van der Waals surface area (Å²) in [6.07, 6.45) is 3.20. The van der Waals surface area contributed by atoms with Crippen molar-refractivity contribution in [1.29, 1.82) is 0 Å². The first-order valence-electron chi connectivity index (χ1n) is 7.00. The highest BCUT2D eigenvalue weighted by molar-refractivity contribution is 5.89. The number of urea groups is 1. The molecule has 23 heavy (non-hydrogen) atoms. The van der Waals surface area contributed by atoms with Gasteiger partial charge in [0.25, 0.3) is 0 Å². The number of carbonyl (C=O) groups excluding carboxylic acids is 1. The van der Waals surface area contributed by atoms with Crippen molar-refractivity contribution in [3.05, 3.63) is 66.5 Å². The van der Waals surface area contributed by atoms with E-state index in [-0.39, 0.29) is 11.8 Å². The minimum absolute atomic E-state index is 0.174. The zero-order valence-electron chi connectivity index (χ0n) is 12.2. The quantitative estimate of drug-likeness (QED) is 0.689. The Morgan fingerprint density at radius 3 is 2.52 bits per heavy atom. The maximum Gasteiger partial charge on any atom is 0.319 e. The molecule has 1 aromatic heterocycles. The molecule has 0 saturated carbocycles. The Kier molecular flexibility index (Phi) is 4.19. The first kappa shape index (κ1) is 14.6. The summed E-state index contributed by atoms with van der Waals surface area (Å²) in [6, 6.07) is 13.6. The number of aromatic hydroxyl groups is 1. The molecule has 7 heteroatoms. The van der Waals surface area contributed by atoms with Gasteiger partial charge in [-0.3, -0.25) is 0 Å². The fourth-order valence-corrected chi connectivity index (χ4v) is 2.05. The van der Waals surface area contributed by atoms with Crippen LogP contribution in [-0.4, -0.2) is 26.1 Å². The zero-order valence-corrected chi connectivity index (χ0v) is 12.2. The molecule has 0 aliphatic carbocycles. The average molecular weight is 309 g/mol. The van der Waals surface area contributed by atoms with Crippen LogP contribution >= 0.6 is 0 Å². The second kappa shape index (κ2) is 6.61. The largest absolute Gasteiger partial charge is 0.508 e. The smallest absolute Gasteiger partial charge is 0.319 e. The van der Waals surface area contributed by atoms with Crippen LogP contribution in [0.2, 0.25) is 0 Å². The van der Waals surface area contributed by atoms with Crippen molar-refractivity contribution in [2.45, 2.75) is 6.54 Å². The Morgan fingerprint density at radius 2 is 1.83 bits per heavy atom. The first-order chi connectivity index (χ1) is 11.2.